The van der Waals surface area contributed by atoms with Crippen LogP contribution in [0.3, 0.4) is 0 Å². The van der Waals surface area contributed by atoms with E-state index in [0.29, 0.717) is 34.4 Å². The molecule has 3 aliphatic heterocycles. The van der Waals surface area contributed by atoms with Gasteiger partial charge in [-0.05, 0) is 86.5 Å². The number of piperazine rings is 1. The topological polar surface area (TPSA) is 145 Å². The Balaban J connectivity index is 0.884. The van der Waals surface area contributed by atoms with Crippen LogP contribution in [0.1, 0.15) is 62.8 Å². The van der Waals surface area contributed by atoms with Crippen LogP contribution >= 0.6 is 0 Å². The lowest BCUT2D eigenvalue weighted by molar-refractivity contribution is -0.164. The summed E-state index contributed by atoms with van der Waals surface area (Å²) in [6.07, 6.45) is 12.7. The molecule has 11 heteroatoms. The lowest BCUT2D eigenvalue weighted by atomic mass is 9.57. The summed E-state index contributed by atoms with van der Waals surface area (Å²) in [5, 5.41) is 28.0. The molecule has 44 heavy (non-hydrogen) atoms. The number of hydrogen-bond donors (Lipinski definition) is 3. The first-order valence-corrected chi connectivity index (χ1v) is 16.1. The van der Waals surface area contributed by atoms with E-state index in [1.807, 2.05) is 18.2 Å². The molecule has 3 aromatic rings. The fourth-order valence-electron chi connectivity index (χ4n) is 8.83. The summed E-state index contributed by atoms with van der Waals surface area (Å²) in [7, 11) is 0. The van der Waals surface area contributed by atoms with Gasteiger partial charge in [0.05, 0.1) is 17.3 Å². The molecular formula is C33H40N8O3. The smallest absolute Gasteiger partial charge is 0.306 e. The van der Waals surface area contributed by atoms with Gasteiger partial charge < -0.3 is 25.7 Å². The zero-order chi connectivity index (χ0) is 30.0. The van der Waals surface area contributed by atoms with Gasteiger partial charge >= 0.3 is 5.97 Å². The van der Waals surface area contributed by atoms with Crippen LogP contribution in [0.5, 0.6) is 5.75 Å². The Morgan fingerprint density at radius 3 is 2.23 bits per heavy atom. The number of aliphatic carboxylic acids is 1. The van der Waals surface area contributed by atoms with Gasteiger partial charge in [-0.1, -0.05) is 12.1 Å². The third-order valence-corrected chi connectivity index (χ3v) is 11.2. The molecule has 2 aromatic heterocycles. The second-order valence-electron chi connectivity index (χ2n) is 13.9. The number of fused-ring (bicyclic) bond motifs is 2. The molecule has 2 bridgehead atoms. The highest BCUT2D eigenvalue weighted by molar-refractivity contribution is 5.74. The minimum Gasteiger partial charge on any atom is -0.507 e. The molecule has 0 radical (unpaired) electrons. The van der Waals surface area contributed by atoms with Crippen LogP contribution < -0.4 is 15.5 Å². The number of rotatable bonds is 6. The largest absolute Gasteiger partial charge is 0.507 e. The van der Waals surface area contributed by atoms with Crippen LogP contribution in [0.25, 0.3) is 11.3 Å². The quantitative estimate of drug-likeness (QED) is 0.381. The predicted molar refractivity (Wildman–Crippen MR) is 166 cm³/mol. The Hall–Kier alpha value is -3.99. The number of nitrogens with two attached hydrogens (primary N) is 1. The van der Waals surface area contributed by atoms with Crippen molar-refractivity contribution in [3.63, 3.8) is 0 Å². The molecule has 8 rings (SSSR count). The number of carbonyl (C=O) groups is 1. The zero-order valence-electron chi connectivity index (χ0n) is 24.9. The number of aromatic hydroxyl groups is 1. The molecule has 2 saturated carbocycles. The number of aromatic nitrogens is 4. The van der Waals surface area contributed by atoms with E-state index >= 15 is 0 Å². The summed E-state index contributed by atoms with van der Waals surface area (Å²) >= 11 is 0. The van der Waals surface area contributed by atoms with Crippen LogP contribution in [0, 0.1) is 11.3 Å². The number of para-hydroxylation sites is 1. The highest BCUT2D eigenvalue weighted by atomic mass is 16.4. The van der Waals surface area contributed by atoms with Crippen molar-refractivity contribution in [2.45, 2.75) is 75.4 Å². The van der Waals surface area contributed by atoms with Gasteiger partial charge in [-0.15, -0.1) is 10.2 Å². The van der Waals surface area contributed by atoms with E-state index in [4.69, 9.17) is 15.7 Å². The molecule has 2 unspecified atom stereocenters. The first-order valence-electron chi connectivity index (χ1n) is 16.1. The van der Waals surface area contributed by atoms with E-state index in [1.165, 1.54) is 18.4 Å². The van der Waals surface area contributed by atoms with Crippen molar-refractivity contribution in [2.24, 2.45) is 11.3 Å². The summed E-state index contributed by atoms with van der Waals surface area (Å²) < 4.78 is 0. The number of anilines is 3. The number of phenols is 1. The number of benzene rings is 1. The van der Waals surface area contributed by atoms with Gasteiger partial charge in [0.1, 0.15) is 5.75 Å². The van der Waals surface area contributed by atoms with E-state index < -0.39 is 5.97 Å². The van der Waals surface area contributed by atoms with Gasteiger partial charge in [0.15, 0.2) is 5.82 Å². The van der Waals surface area contributed by atoms with Crippen LogP contribution in [0.15, 0.2) is 42.7 Å². The predicted octanol–water partition coefficient (Wildman–Crippen LogP) is 3.90. The summed E-state index contributed by atoms with van der Waals surface area (Å²) in [6, 6.07) is 10.3. The van der Waals surface area contributed by atoms with Crippen molar-refractivity contribution < 1.29 is 15.0 Å². The lowest BCUT2D eigenvalue weighted by Crippen LogP contribution is -2.65. The fourth-order valence-corrected chi connectivity index (χ4v) is 8.83. The first-order chi connectivity index (χ1) is 21.4. The van der Waals surface area contributed by atoms with Crippen molar-refractivity contribution >= 4 is 23.4 Å². The minimum atomic E-state index is -0.620. The lowest BCUT2D eigenvalue weighted by Gasteiger charge is -2.61. The monoisotopic (exact) mass is 596 g/mol. The fraction of sp³-hybridized carbons (Fsp3) is 0.545. The molecule has 4 N–H and O–H groups in total. The van der Waals surface area contributed by atoms with Gasteiger partial charge in [0.2, 0.25) is 5.95 Å². The Morgan fingerprint density at radius 1 is 0.909 bits per heavy atom. The Kier molecular flexibility index (Phi) is 6.62. The third kappa shape index (κ3) is 4.72. The number of carboxylic acids is 1. The van der Waals surface area contributed by atoms with Crippen LogP contribution in [0.2, 0.25) is 0 Å². The Bertz CT molecular complexity index is 1530. The average Bonchev–Trinajstić information content (AvgIpc) is 3.25. The van der Waals surface area contributed by atoms with Crippen molar-refractivity contribution in [3.8, 4) is 17.0 Å². The van der Waals surface area contributed by atoms with E-state index in [-0.39, 0.29) is 23.8 Å². The summed E-state index contributed by atoms with van der Waals surface area (Å²) in [5.74, 6) is 1.16. The maximum absolute atomic E-state index is 11.2. The molecular weight excluding hydrogens is 556 g/mol. The van der Waals surface area contributed by atoms with Crippen LogP contribution in [0.4, 0.5) is 17.5 Å². The number of nitrogen functional groups attached to an aromatic ring is 1. The highest BCUT2D eigenvalue weighted by Crippen LogP contribution is 2.53. The molecule has 230 valence electrons. The summed E-state index contributed by atoms with van der Waals surface area (Å²) in [4.78, 5) is 28.3. The van der Waals surface area contributed by atoms with Gasteiger partial charge in [-0.25, -0.2) is 9.97 Å². The zero-order valence-corrected chi connectivity index (χ0v) is 24.9. The highest BCUT2D eigenvalue weighted by Gasteiger charge is 2.55. The first kappa shape index (κ1) is 27.6. The van der Waals surface area contributed by atoms with E-state index in [1.54, 1.807) is 12.1 Å². The van der Waals surface area contributed by atoms with E-state index in [9.17, 15) is 15.0 Å². The maximum atomic E-state index is 11.2. The molecule has 1 aromatic carbocycles. The number of likely N-dealkylation sites (tertiary alicyclic amines) is 1. The number of hydrogen-bond acceptors (Lipinski definition) is 10. The maximum Gasteiger partial charge on any atom is 0.306 e. The molecule has 5 fully saturated rings. The molecule has 2 atom stereocenters. The minimum absolute atomic E-state index is 0.114. The number of phenolic OH excluding ortho intramolecular Hbond substituents is 1. The SMILES string of the molecule is Nc1nnc(-c2ccccc2O)cc1N1CC2CCC(C1)N2c1ncc(C2CCC(N3CC4(CC(C(=O)O)C4)C3)CC2)cn1. The second kappa shape index (κ2) is 10.6. The summed E-state index contributed by atoms with van der Waals surface area (Å²) in [5.41, 5.74) is 9.96. The number of nitrogens with zero attached hydrogens (tertiary/aromatic N) is 7. The average molecular weight is 597 g/mol. The molecule has 5 aliphatic rings. The van der Waals surface area contributed by atoms with Crippen LogP contribution in [-0.4, -0.2) is 85.6 Å². The van der Waals surface area contributed by atoms with Gasteiger partial charge in [0.25, 0.3) is 0 Å². The second-order valence-corrected chi connectivity index (χ2v) is 13.9. The van der Waals surface area contributed by atoms with Crippen LogP contribution in [-0.2, 0) is 4.79 Å². The standard InChI is InChI=1S/C33H40N8O3/c34-30-28(11-27(37-38-30)26-3-1-2-4-29(26)42)39-16-24-9-10-25(17-39)41(24)32-35-14-22(15-36-32)20-5-7-23(8-6-20)40-18-33(19-40)12-21(13-33)31(43)44/h1-4,11,14-15,20-21,23-25,42H,5-10,12-13,16-19H2,(H2,34,38)(H,43,44). The normalized spacial score (nSPS) is 28.1. The van der Waals surface area contributed by atoms with Crippen molar-refractivity contribution in [1.82, 2.24) is 25.1 Å². The molecule has 0 amide bonds. The summed E-state index contributed by atoms with van der Waals surface area (Å²) in [6.45, 7) is 3.77. The molecule has 2 aliphatic carbocycles. The molecule has 3 saturated heterocycles. The van der Waals surface area contributed by atoms with E-state index in [0.717, 1.165) is 76.3 Å². The van der Waals surface area contributed by atoms with Crippen molar-refractivity contribution in [2.75, 3.05) is 41.7 Å². The number of carboxylic acid groups (broad SMARTS) is 1. The van der Waals surface area contributed by atoms with Gasteiger partial charge in [-0.3, -0.25) is 9.69 Å². The van der Waals surface area contributed by atoms with E-state index in [2.05, 4.69) is 37.3 Å². The molecule has 5 heterocycles. The Morgan fingerprint density at radius 2 is 1.57 bits per heavy atom. The van der Waals surface area contributed by atoms with Gasteiger partial charge in [0, 0.05) is 62.3 Å². The molecule has 11 nitrogen and oxygen atoms in total. The Labute approximate surface area is 257 Å². The van der Waals surface area contributed by atoms with Crippen molar-refractivity contribution in [3.05, 3.63) is 48.3 Å². The van der Waals surface area contributed by atoms with Gasteiger partial charge in [-0.2, -0.15) is 0 Å². The van der Waals surface area contributed by atoms with Crippen molar-refractivity contribution in [1.29, 1.82) is 0 Å². The third-order valence-electron chi connectivity index (χ3n) is 11.2. The molecule has 1 spiro atoms.